The number of ether oxygens (including phenoxy) is 1. The van der Waals surface area contributed by atoms with Crippen LogP contribution in [0.2, 0.25) is 0 Å². The summed E-state index contributed by atoms with van der Waals surface area (Å²) in [6, 6.07) is 0. The zero-order valence-corrected chi connectivity index (χ0v) is 8.44. The molecule has 0 amide bonds. The molecule has 0 saturated carbocycles. The zero-order chi connectivity index (χ0) is 9.36. The van der Waals surface area contributed by atoms with Gasteiger partial charge in [-0.05, 0) is 25.7 Å². The second-order valence-electron chi connectivity index (χ2n) is 3.46. The van der Waals surface area contributed by atoms with E-state index in [-0.39, 0.29) is 0 Å². The zero-order valence-electron chi connectivity index (χ0n) is 8.44. The Morgan fingerprint density at radius 1 is 1.54 bits per heavy atom. The van der Waals surface area contributed by atoms with Gasteiger partial charge in [-0.1, -0.05) is 0 Å². The number of hydrogen-bond donors (Lipinski definition) is 1. The van der Waals surface area contributed by atoms with Crippen LogP contribution in [0.25, 0.3) is 0 Å². The predicted octanol–water partition coefficient (Wildman–Crippen LogP) is 1.42. The molecule has 1 aliphatic rings. The van der Waals surface area contributed by atoms with Gasteiger partial charge in [-0.3, -0.25) is 0 Å². The monoisotopic (exact) mass is 181 g/mol. The molecule has 1 heterocycles. The average Bonchev–Trinajstić information content (AvgIpc) is 2.19. The number of rotatable bonds is 4. The molecule has 0 radical (unpaired) electrons. The molecule has 74 valence electrons. The summed E-state index contributed by atoms with van der Waals surface area (Å²) in [7, 11) is 0. The summed E-state index contributed by atoms with van der Waals surface area (Å²) < 4.78 is 5.39. The van der Waals surface area contributed by atoms with Crippen molar-refractivity contribution in [1.29, 1.82) is 0 Å². The Morgan fingerprint density at radius 2 is 2.46 bits per heavy atom. The summed E-state index contributed by atoms with van der Waals surface area (Å²) in [5.41, 5.74) is 0. The van der Waals surface area contributed by atoms with Crippen molar-refractivity contribution in [2.45, 2.75) is 26.2 Å². The fourth-order valence-corrected chi connectivity index (χ4v) is 1.55. The molecule has 0 aliphatic carbocycles. The van der Waals surface area contributed by atoms with Gasteiger partial charge in [0.2, 0.25) is 0 Å². The fourth-order valence-electron chi connectivity index (χ4n) is 1.55. The molecular formula is C11H19NO. The van der Waals surface area contributed by atoms with Crippen LogP contribution in [0.4, 0.5) is 0 Å². The minimum absolute atomic E-state index is 0.725. The lowest BCUT2D eigenvalue weighted by atomic mass is 10.0. The average molecular weight is 181 g/mol. The molecule has 0 aromatic heterocycles. The molecule has 1 N–H and O–H groups in total. The van der Waals surface area contributed by atoms with Crippen LogP contribution in [0.15, 0.2) is 0 Å². The Hall–Kier alpha value is -0.520. The third kappa shape index (κ3) is 4.92. The van der Waals surface area contributed by atoms with Gasteiger partial charge in [0.05, 0.1) is 6.61 Å². The van der Waals surface area contributed by atoms with Crippen LogP contribution >= 0.6 is 0 Å². The van der Waals surface area contributed by atoms with Crippen LogP contribution in [0.5, 0.6) is 0 Å². The van der Waals surface area contributed by atoms with E-state index in [0.29, 0.717) is 0 Å². The first-order chi connectivity index (χ1) is 6.43. The minimum atomic E-state index is 0.725. The summed E-state index contributed by atoms with van der Waals surface area (Å²) in [6.07, 6.45) is 3.50. The SMILES string of the molecule is CC#CCCNCC1CCCOC1. The molecule has 13 heavy (non-hydrogen) atoms. The first-order valence-corrected chi connectivity index (χ1v) is 5.11. The first-order valence-electron chi connectivity index (χ1n) is 5.11. The van der Waals surface area contributed by atoms with Gasteiger partial charge in [0.1, 0.15) is 0 Å². The lowest BCUT2D eigenvalue weighted by Gasteiger charge is -2.21. The summed E-state index contributed by atoms with van der Waals surface area (Å²) in [5.74, 6) is 6.66. The first kappa shape index (κ1) is 10.6. The van der Waals surface area contributed by atoms with Crippen molar-refractivity contribution in [2.75, 3.05) is 26.3 Å². The summed E-state index contributed by atoms with van der Waals surface area (Å²) >= 11 is 0. The third-order valence-electron chi connectivity index (χ3n) is 2.29. The number of nitrogens with one attached hydrogen (secondary N) is 1. The third-order valence-corrected chi connectivity index (χ3v) is 2.29. The maximum Gasteiger partial charge on any atom is 0.0506 e. The van der Waals surface area contributed by atoms with Crippen molar-refractivity contribution in [3.8, 4) is 11.8 Å². The molecule has 1 saturated heterocycles. The smallest absolute Gasteiger partial charge is 0.0506 e. The highest BCUT2D eigenvalue weighted by Gasteiger charge is 2.12. The van der Waals surface area contributed by atoms with Gasteiger partial charge in [-0.2, -0.15) is 0 Å². The summed E-state index contributed by atoms with van der Waals surface area (Å²) in [4.78, 5) is 0. The molecular weight excluding hydrogens is 162 g/mol. The van der Waals surface area contributed by atoms with Crippen molar-refractivity contribution in [2.24, 2.45) is 5.92 Å². The van der Waals surface area contributed by atoms with Gasteiger partial charge in [-0.25, -0.2) is 0 Å². The molecule has 0 bridgehead atoms. The van der Waals surface area contributed by atoms with Crippen molar-refractivity contribution in [3.63, 3.8) is 0 Å². The van der Waals surface area contributed by atoms with Crippen LogP contribution in [-0.4, -0.2) is 26.3 Å². The van der Waals surface area contributed by atoms with E-state index in [1.54, 1.807) is 0 Å². The van der Waals surface area contributed by atoms with Gasteiger partial charge in [0, 0.05) is 26.1 Å². The number of hydrogen-bond acceptors (Lipinski definition) is 2. The fraction of sp³-hybridized carbons (Fsp3) is 0.818. The second kappa shape index (κ2) is 6.94. The molecule has 1 fully saturated rings. The highest BCUT2D eigenvalue weighted by molar-refractivity contribution is 4.95. The van der Waals surface area contributed by atoms with E-state index in [0.717, 1.165) is 38.6 Å². The molecule has 0 aromatic rings. The van der Waals surface area contributed by atoms with Crippen LogP contribution in [-0.2, 0) is 4.74 Å². The molecule has 1 rings (SSSR count). The van der Waals surface area contributed by atoms with Crippen LogP contribution in [0.1, 0.15) is 26.2 Å². The van der Waals surface area contributed by atoms with Gasteiger partial charge in [-0.15, -0.1) is 11.8 Å². The van der Waals surface area contributed by atoms with Gasteiger partial charge < -0.3 is 10.1 Å². The molecule has 2 heteroatoms. The van der Waals surface area contributed by atoms with Crippen molar-refractivity contribution in [3.05, 3.63) is 0 Å². The predicted molar refractivity (Wildman–Crippen MR) is 54.5 cm³/mol. The van der Waals surface area contributed by atoms with Crippen molar-refractivity contribution >= 4 is 0 Å². The van der Waals surface area contributed by atoms with Crippen LogP contribution in [0.3, 0.4) is 0 Å². The van der Waals surface area contributed by atoms with E-state index in [2.05, 4.69) is 17.2 Å². The van der Waals surface area contributed by atoms with Crippen molar-refractivity contribution < 1.29 is 4.74 Å². The minimum Gasteiger partial charge on any atom is -0.381 e. The van der Waals surface area contributed by atoms with E-state index < -0.39 is 0 Å². The van der Waals surface area contributed by atoms with E-state index in [1.165, 1.54) is 12.8 Å². The lowest BCUT2D eigenvalue weighted by molar-refractivity contribution is 0.0550. The lowest BCUT2D eigenvalue weighted by Crippen LogP contribution is -2.29. The Kier molecular flexibility index (Phi) is 5.64. The van der Waals surface area contributed by atoms with E-state index >= 15 is 0 Å². The van der Waals surface area contributed by atoms with Gasteiger partial charge >= 0.3 is 0 Å². The van der Waals surface area contributed by atoms with Gasteiger partial charge in [0.15, 0.2) is 0 Å². The summed E-state index contributed by atoms with van der Waals surface area (Å²) in [6.45, 7) is 5.88. The maximum absolute atomic E-state index is 5.39. The summed E-state index contributed by atoms with van der Waals surface area (Å²) in [5, 5.41) is 3.41. The Balaban J connectivity index is 1.94. The highest BCUT2D eigenvalue weighted by Crippen LogP contribution is 2.11. The maximum atomic E-state index is 5.39. The highest BCUT2D eigenvalue weighted by atomic mass is 16.5. The Morgan fingerprint density at radius 3 is 3.15 bits per heavy atom. The van der Waals surface area contributed by atoms with E-state index in [1.807, 2.05) is 6.92 Å². The van der Waals surface area contributed by atoms with Crippen molar-refractivity contribution in [1.82, 2.24) is 5.32 Å². The Labute approximate surface area is 81.0 Å². The largest absolute Gasteiger partial charge is 0.381 e. The molecule has 1 aliphatic heterocycles. The molecule has 1 atom stereocenters. The Bertz CT molecular complexity index is 174. The van der Waals surface area contributed by atoms with E-state index in [4.69, 9.17) is 4.74 Å². The van der Waals surface area contributed by atoms with Gasteiger partial charge in [0.25, 0.3) is 0 Å². The molecule has 1 unspecified atom stereocenters. The quantitative estimate of drug-likeness (QED) is 0.523. The standard InChI is InChI=1S/C11H19NO/c1-2-3-4-7-12-9-11-6-5-8-13-10-11/h11-12H,4-10H2,1H3. The normalized spacial score (nSPS) is 22.1. The topological polar surface area (TPSA) is 21.3 Å². The second-order valence-corrected chi connectivity index (χ2v) is 3.46. The molecule has 0 spiro atoms. The molecule has 2 nitrogen and oxygen atoms in total. The van der Waals surface area contributed by atoms with Crippen LogP contribution < -0.4 is 5.32 Å². The van der Waals surface area contributed by atoms with E-state index in [9.17, 15) is 0 Å². The molecule has 0 aromatic carbocycles. The van der Waals surface area contributed by atoms with Crippen LogP contribution in [0, 0.1) is 17.8 Å².